The molecule has 1 N–H and O–H groups in total. The molecule has 0 bridgehead atoms. The largest absolute Gasteiger partial charge is 0.496 e. The third kappa shape index (κ3) is 5.00. The molecule has 2 aromatic rings. The number of hydrogen-bond donors (Lipinski definition) is 1. The molecule has 0 radical (unpaired) electrons. The summed E-state index contributed by atoms with van der Waals surface area (Å²) in [6.07, 6.45) is 0. The molecule has 2 amide bonds. The van der Waals surface area contributed by atoms with Gasteiger partial charge in [0.05, 0.1) is 19.4 Å². The summed E-state index contributed by atoms with van der Waals surface area (Å²) in [5, 5.41) is 3.30. The molecule has 10 heteroatoms. The zero-order valence-corrected chi connectivity index (χ0v) is 20.7. The van der Waals surface area contributed by atoms with Crippen molar-refractivity contribution in [2.45, 2.75) is 32.9 Å². The van der Waals surface area contributed by atoms with Crippen molar-refractivity contribution in [2.24, 2.45) is 0 Å². The van der Waals surface area contributed by atoms with Gasteiger partial charge in [-0.1, -0.05) is 35.9 Å². The third-order valence-corrected chi connectivity index (χ3v) is 8.01. The van der Waals surface area contributed by atoms with Gasteiger partial charge in [0.25, 0.3) is 0 Å². The van der Waals surface area contributed by atoms with Crippen LogP contribution in [0.15, 0.2) is 42.5 Å². The van der Waals surface area contributed by atoms with Gasteiger partial charge in [0.15, 0.2) is 0 Å². The molecule has 0 aromatic heterocycles. The number of piperazine rings is 1. The summed E-state index contributed by atoms with van der Waals surface area (Å²) >= 11 is 6.29. The van der Waals surface area contributed by atoms with Crippen molar-refractivity contribution in [3.8, 4) is 5.75 Å². The molecule has 3 rings (SSSR count). The second-order valence-electron chi connectivity index (χ2n) is 8.10. The minimum atomic E-state index is -3.70. The molecule has 0 saturated carbocycles. The second kappa shape index (κ2) is 9.70. The van der Waals surface area contributed by atoms with E-state index in [1.165, 1.54) is 18.9 Å². The Bertz CT molecular complexity index is 1170. The monoisotopic (exact) mass is 493 g/mol. The highest BCUT2D eigenvalue weighted by molar-refractivity contribution is 7.89. The molecule has 1 saturated heterocycles. The first-order valence-corrected chi connectivity index (χ1v) is 12.5. The highest BCUT2D eigenvalue weighted by atomic mass is 35.5. The molecule has 0 spiro atoms. The Kier molecular flexibility index (Phi) is 7.36. The molecule has 8 nitrogen and oxygen atoms in total. The Morgan fingerprint density at radius 1 is 1.24 bits per heavy atom. The van der Waals surface area contributed by atoms with Crippen LogP contribution in [0.25, 0.3) is 0 Å². The van der Waals surface area contributed by atoms with E-state index in [0.717, 1.165) is 15.4 Å². The summed E-state index contributed by atoms with van der Waals surface area (Å²) in [5.41, 5.74) is 0.501. The Labute approximate surface area is 199 Å². The maximum Gasteiger partial charge on any atom is 0.247 e. The number of amides is 2. The number of para-hydroxylation sites is 1. The van der Waals surface area contributed by atoms with Crippen LogP contribution in [0.3, 0.4) is 0 Å². The van der Waals surface area contributed by atoms with Gasteiger partial charge >= 0.3 is 0 Å². The van der Waals surface area contributed by atoms with Gasteiger partial charge in [-0.25, -0.2) is 8.42 Å². The van der Waals surface area contributed by atoms with E-state index >= 15 is 0 Å². The first-order valence-electron chi connectivity index (χ1n) is 10.5. The molecular weight excluding hydrogens is 466 g/mol. The van der Waals surface area contributed by atoms with Crippen molar-refractivity contribution >= 4 is 39.1 Å². The highest BCUT2D eigenvalue weighted by Gasteiger charge is 2.50. The van der Waals surface area contributed by atoms with Crippen LogP contribution in [-0.4, -0.2) is 56.0 Å². The van der Waals surface area contributed by atoms with Crippen LogP contribution in [0.5, 0.6) is 5.75 Å². The van der Waals surface area contributed by atoms with E-state index in [9.17, 15) is 18.0 Å². The van der Waals surface area contributed by atoms with E-state index in [0.29, 0.717) is 16.5 Å². The first-order chi connectivity index (χ1) is 15.5. The number of rotatable bonds is 7. The molecule has 1 fully saturated rings. The van der Waals surface area contributed by atoms with Gasteiger partial charge in [0, 0.05) is 29.4 Å². The number of carbonyl (C=O) groups is 2. The maximum atomic E-state index is 13.5. The average Bonchev–Trinajstić information content (AvgIpc) is 2.79. The molecule has 178 valence electrons. The number of anilines is 1. The number of hydrogen-bond acceptors (Lipinski definition) is 5. The van der Waals surface area contributed by atoms with Crippen molar-refractivity contribution in [1.82, 2.24) is 9.62 Å². The zero-order chi connectivity index (χ0) is 24.4. The summed E-state index contributed by atoms with van der Waals surface area (Å²) < 4.78 is 31.6. The van der Waals surface area contributed by atoms with Crippen molar-refractivity contribution in [2.75, 3.05) is 30.9 Å². The number of nitrogens with one attached hydrogen (secondary N) is 1. The molecule has 1 aliphatic heterocycles. The quantitative estimate of drug-likeness (QED) is 0.639. The lowest BCUT2D eigenvalue weighted by Crippen LogP contribution is -2.70. The van der Waals surface area contributed by atoms with Gasteiger partial charge < -0.3 is 10.1 Å². The van der Waals surface area contributed by atoms with Crippen molar-refractivity contribution in [3.63, 3.8) is 0 Å². The van der Waals surface area contributed by atoms with Crippen molar-refractivity contribution in [1.29, 1.82) is 0 Å². The Balaban J connectivity index is 2.00. The van der Waals surface area contributed by atoms with E-state index in [4.69, 9.17) is 16.3 Å². The minimum Gasteiger partial charge on any atom is -0.496 e. The molecule has 0 aliphatic carbocycles. The predicted molar refractivity (Wildman–Crippen MR) is 128 cm³/mol. The van der Waals surface area contributed by atoms with E-state index < -0.39 is 27.4 Å². The fourth-order valence-corrected chi connectivity index (χ4v) is 5.18. The van der Waals surface area contributed by atoms with Crippen LogP contribution < -0.4 is 15.0 Å². The number of ether oxygens (including phenoxy) is 1. The fourth-order valence-electron chi connectivity index (χ4n) is 3.88. The van der Waals surface area contributed by atoms with Gasteiger partial charge in [0.1, 0.15) is 11.3 Å². The third-order valence-electron chi connectivity index (χ3n) is 5.83. The summed E-state index contributed by atoms with van der Waals surface area (Å²) in [7, 11) is -2.16. The minimum absolute atomic E-state index is 0.148. The molecule has 1 unspecified atom stereocenters. The van der Waals surface area contributed by atoms with E-state index in [1.54, 1.807) is 31.2 Å². The SMILES string of the molecule is CCS(=O)(=O)N1CC(=O)N(c2ccc(C)c(Cl)c2)C(C)(C(=O)NCc2ccccc2OC)C1. The number of nitrogens with zero attached hydrogens (tertiary/aromatic N) is 2. The highest BCUT2D eigenvalue weighted by Crippen LogP contribution is 2.33. The fraction of sp³-hybridized carbons (Fsp3) is 0.391. The van der Waals surface area contributed by atoms with Gasteiger partial charge in [-0.05, 0) is 44.5 Å². The molecule has 33 heavy (non-hydrogen) atoms. The van der Waals surface area contributed by atoms with Crippen LogP contribution in [0, 0.1) is 6.92 Å². The van der Waals surface area contributed by atoms with E-state index in [1.807, 2.05) is 25.1 Å². The van der Waals surface area contributed by atoms with Crippen LogP contribution in [0.2, 0.25) is 5.02 Å². The average molecular weight is 494 g/mol. The number of aryl methyl sites for hydroxylation is 1. The second-order valence-corrected chi connectivity index (χ2v) is 10.8. The molecule has 1 heterocycles. The van der Waals surface area contributed by atoms with Gasteiger partial charge in [-0.3, -0.25) is 14.5 Å². The lowest BCUT2D eigenvalue weighted by molar-refractivity contribution is -0.133. The predicted octanol–water partition coefficient (Wildman–Crippen LogP) is 2.73. The van der Waals surface area contributed by atoms with Gasteiger partial charge in [-0.15, -0.1) is 0 Å². The first kappa shape index (κ1) is 25.0. The Morgan fingerprint density at radius 3 is 2.58 bits per heavy atom. The molecule has 2 aromatic carbocycles. The lowest BCUT2D eigenvalue weighted by Gasteiger charge is -2.46. The lowest BCUT2D eigenvalue weighted by atomic mass is 9.94. The molecular formula is C23H28ClN3O5S. The van der Waals surface area contributed by atoms with Gasteiger partial charge in [0.2, 0.25) is 21.8 Å². The molecule has 1 atom stereocenters. The van der Waals surface area contributed by atoms with Crippen molar-refractivity contribution in [3.05, 3.63) is 58.6 Å². The standard InChI is InChI=1S/C23H28ClN3O5S/c1-5-33(30,31)26-14-21(28)27(18-11-10-16(2)19(24)12-18)23(3,15-26)22(29)25-13-17-8-6-7-9-20(17)32-4/h6-12H,5,13-15H2,1-4H3,(H,25,29). The number of carbonyl (C=O) groups excluding carboxylic acids is 2. The normalized spacial score (nSPS) is 19.4. The maximum absolute atomic E-state index is 13.5. The van der Waals surface area contributed by atoms with Crippen LogP contribution in [0.1, 0.15) is 25.0 Å². The number of benzene rings is 2. The summed E-state index contributed by atoms with van der Waals surface area (Å²) in [5.74, 6) is -0.558. The van der Waals surface area contributed by atoms with Crippen LogP contribution in [-0.2, 0) is 26.2 Å². The summed E-state index contributed by atoms with van der Waals surface area (Å²) in [6, 6.07) is 12.3. The zero-order valence-electron chi connectivity index (χ0n) is 19.1. The van der Waals surface area contributed by atoms with Crippen LogP contribution in [0.4, 0.5) is 5.69 Å². The van der Waals surface area contributed by atoms with Gasteiger partial charge in [-0.2, -0.15) is 4.31 Å². The number of methoxy groups -OCH3 is 1. The van der Waals surface area contributed by atoms with E-state index in [2.05, 4.69) is 5.32 Å². The smallest absolute Gasteiger partial charge is 0.247 e. The number of sulfonamides is 1. The Morgan fingerprint density at radius 2 is 1.94 bits per heavy atom. The number of halogens is 1. The summed E-state index contributed by atoms with van der Waals surface area (Å²) in [6.45, 7) is 4.52. The Hall–Kier alpha value is -2.62. The van der Waals surface area contributed by atoms with E-state index in [-0.39, 0.29) is 25.4 Å². The topological polar surface area (TPSA) is 96.0 Å². The molecule has 1 aliphatic rings. The van der Waals surface area contributed by atoms with Crippen molar-refractivity contribution < 1.29 is 22.7 Å². The summed E-state index contributed by atoms with van der Waals surface area (Å²) in [4.78, 5) is 28.1. The van der Waals surface area contributed by atoms with Crippen LogP contribution >= 0.6 is 11.6 Å².